The summed E-state index contributed by atoms with van der Waals surface area (Å²) in [5, 5.41) is 4.13. The lowest BCUT2D eigenvalue weighted by molar-refractivity contribution is 0.413. The first-order valence-electron chi connectivity index (χ1n) is 5.33. The van der Waals surface area contributed by atoms with Crippen molar-refractivity contribution < 1.29 is 0 Å². The quantitative estimate of drug-likeness (QED) is 0.810. The molecule has 1 atom stereocenters. The second-order valence-corrected chi connectivity index (χ2v) is 4.56. The van der Waals surface area contributed by atoms with Crippen LogP contribution >= 0.6 is 11.6 Å². The predicted molar refractivity (Wildman–Crippen MR) is 67.3 cm³/mol. The second-order valence-electron chi connectivity index (χ2n) is 4.13. The predicted octanol–water partition coefficient (Wildman–Crippen LogP) is 2.98. The first-order valence-corrected chi connectivity index (χ1v) is 5.70. The zero-order valence-corrected chi connectivity index (χ0v) is 10.1. The van der Waals surface area contributed by atoms with E-state index in [-0.39, 0.29) is 0 Å². The molecule has 0 aliphatic heterocycles. The normalized spacial score (nSPS) is 12.9. The lowest BCUT2D eigenvalue weighted by Gasteiger charge is -2.19. The van der Waals surface area contributed by atoms with Gasteiger partial charge in [0, 0.05) is 17.3 Å². The summed E-state index contributed by atoms with van der Waals surface area (Å²) in [4.78, 5) is 0. The lowest BCUT2D eigenvalue weighted by atomic mass is 9.96. The van der Waals surface area contributed by atoms with Crippen LogP contribution in [0.5, 0.6) is 0 Å². The van der Waals surface area contributed by atoms with Crippen molar-refractivity contribution in [2.24, 2.45) is 17.6 Å². The van der Waals surface area contributed by atoms with Gasteiger partial charge < -0.3 is 11.1 Å². The van der Waals surface area contributed by atoms with Crippen LogP contribution in [0.25, 0.3) is 0 Å². The Labute approximate surface area is 96.8 Å². The van der Waals surface area contributed by atoms with Gasteiger partial charge in [-0.1, -0.05) is 25.4 Å². The van der Waals surface area contributed by atoms with Crippen molar-refractivity contribution in [3.63, 3.8) is 0 Å². The molecule has 0 radical (unpaired) electrons. The Hall–Kier alpha value is -0.730. The van der Waals surface area contributed by atoms with Crippen molar-refractivity contribution in [1.82, 2.24) is 0 Å². The number of benzene rings is 1. The van der Waals surface area contributed by atoms with E-state index in [2.05, 4.69) is 19.2 Å². The average Bonchev–Trinajstić information content (AvgIpc) is 2.21. The van der Waals surface area contributed by atoms with Crippen molar-refractivity contribution in [3.8, 4) is 0 Å². The molecule has 0 aromatic heterocycles. The highest BCUT2D eigenvalue weighted by Gasteiger charge is 2.10. The number of hydrogen-bond donors (Lipinski definition) is 2. The summed E-state index contributed by atoms with van der Waals surface area (Å²) in [5.41, 5.74) is 6.80. The zero-order chi connectivity index (χ0) is 11.3. The number of rotatable bonds is 5. The monoisotopic (exact) mass is 226 g/mol. The van der Waals surface area contributed by atoms with Crippen LogP contribution in [0.3, 0.4) is 0 Å². The van der Waals surface area contributed by atoms with Crippen molar-refractivity contribution in [2.45, 2.75) is 13.8 Å². The number of nitrogens with one attached hydrogen (secondary N) is 1. The van der Waals surface area contributed by atoms with Crippen molar-refractivity contribution >= 4 is 17.3 Å². The van der Waals surface area contributed by atoms with Gasteiger partial charge in [-0.2, -0.15) is 0 Å². The van der Waals surface area contributed by atoms with Gasteiger partial charge in [0.15, 0.2) is 0 Å². The average molecular weight is 227 g/mol. The molecule has 1 aromatic rings. The molecule has 3 heteroatoms. The molecule has 0 amide bonds. The number of nitrogens with two attached hydrogens (primary N) is 1. The lowest BCUT2D eigenvalue weighted by Crippen LogP contribution is -2.27. The molecule has 3 N–H and O–H groups in total. The highest BCUT2D eigenvalue weighted by molar-refractivity contribution is 6.30. The van der Waals surface area contributed by atoms with E-state index in [1.54, 1.807) is 0 Å². The molecule has 1 rings (SSSR count). The van der Waals surface area contributed by atoms with Crippen LogP contribution in [-0.4, -0.2) is 13.1 Å². The topological polar surface area (TPSA) is 38.0 Å². The van der Waals surface area contributed by atoms with Gasteiger partial charge in [-0.3, -0.25) is 0 Å². The summed E-state index contributed by atoms with van der Waals surface area (Å²) in [6.07, 6.45) is 0. The molecular formula is C12H19ClN2. The molecule has 0 fully saturated rings. The first-order chi connectivity index (χ1) is 7.13. The summed E-state index contributed by atoms with van der Waals surface area (Å²) < 4.78 is 0. The molecule has 0 saturated carbocycles. The largest absolute Gasteiger partial charge is 0.385 e. The van der Waals surface area contributed by atoms with E-state index < -0.39 is 0 Å². The van der Waals surface area contributed by atoms with E-state index in [9.17, 15) is 0 Å². The maximum absolute atomic E-state index is 5.80. The molecule has 0 aliphatic rings. The minimum Gasteiger partial charge on any atom is -0.385 e. The van der Waals surface area contributed by atoms with Crippen LogP contribution in [0.15, 0.2) is 24.3 Å². The molecule has 0 aliphatic carbocycles. The third-order valence-electron chi connectivity index (χ3n) is 2.66. The Balaban J connectivity index is 2.45. The number of hydrogen-bond acceptors (Lipinski definition) is 2. The fraction of sp³-hybridized carbons (Fsp3) is 0.500. The smallest absolute Gasteiger partial charge is 0.0407 e. The molecule has 15 heavy (non-hydrogen) atoms. The van der Waals surface area contributed by atoms with E-state index in [1.165, 1.54) is 0 Å². The fourth-order valence-corrected chi connectivity index (χ4v) is 1.53. The third-order valence-corrected chi connectivity index (χ3v) is 2.91. The van der Waals surface area contributed by atoms with Crippen LogP contribution in [0, 0.1) is 11.8 Å². The second kappa shape index (κ2) is 5.99. The van der Waals surface area contributed by atoms with Crippen molar-refractivity contribution in [1.29, 1.82) is 0 Å². The molecule has 0 spiro atoms. The molecule has 0 saturated heterocycles. The highest BCUT2D eigenvalue weighted by Crippen LogP contribution is 2.15. The van der Waals surface area contributed by atoms with E-state index in [0.717, 1.165) is 23.8 Å². The highest BCUT2D eigenvalue weighted by atomic mass is 35.5. The van der Waals surface area contributed by atoms with Gasteiger partial charge in [-0.05, 0) is 42.6 Å². The summed E-state index contributed by atoms with van der Waals surface area (Å²) in [5.74, 6) is 1.12. The van der Waals surface area contributed by atoms with Gasteiger partial charge in [0.05, 0.1) is 0 Å². The van der Waals surface area contributed by atoms with Gasteiger partial charge in [0.2, 0.25) is 0 Å². The van der Waals surface area contributed by atoms with Gasteiger partial charge in [0.25, 0.3) is 0 Å². The SMILES string of the molecule is CC(C)C(CN)CNc1ccc(Cl)cc1. The molecular weight excluding hydrogens is 208 g/mol. The van der Waals surface area contributed by atoms with E-state index in [0.29, 0.717) is 11.8 Å². The third kappa shape index (κ3) is 4.10. The summed E-state index contributed by atoms with van der Waals surface area (Å²) in [6.45, 7) is 6.02. The molecule has 1 unspecified atom stereocenters. The van der Waals surface area contributed by atoms with Crippen molar-refractivity contribution in [3.05, 3.63) is 29.3 Å². The van der Waals surface area contributed by atoms with Gasteiger partial charge >= 0.3 is 0 Å². The summed E-state index contributed by atoms with van der Waals surface area (Å²) >= 11 is 5.80. The Morgan fingerprint density at radius 3 is 2.33 bits per heavy atom. The Kier molecular flexibility index (Phi) is 4.92. The maximum atomic E-state index is 5.80. The molecule has 2 nitrogen and oxygen atoms in total. The van der Waals surface area contributed by atoms with Crippen LogP contribution in [-0.2, 0) is 0 Å². The minimum absolute atomic E-state index is 0.515. The van der Waals surface area contributed by atoms with Crippen LogP contribution < -0.4 is 11.1 Å². The Morgan fingerprint density at radius 2 is 1.87 bits per heavy atom. The molecule has 0 heterocycles. The summed E-state index contributed by atoms with van der Waals surface area (Å²) in [7, 11) is 0. The maximum Gasteiger partial charge on any atom is 0.0407 e. The Morgan fingerprint density at radius 1 is 1.27 bits per heavy atom. The van der Waals surface area contributed by atoms with Crippen LogP contribution in [0.2, 0.25) is 5.02 Å². The van der Waals surface area contributed by atoms with Crippen LogP contribution in [0.4, 0.5) is 5.69 Å². The molecule has 84 valence electrons. The van der Waals surface area contributed by atoms with Crippen LogP contribution in [0.1, 0.15) is 13.8 Å². The summed E-state index contributed by atoms with van der Waals surface area (Å²) in [6, 6.07) is 7.74. The molecule has 0 bridgehead atoms. The Bertz CT molecular complexity index is 282. The molecule has 1 aromatic carbocycles. The first kappa shape index (κ1) is 12.3. The number of anilines is 1. The zero-order valence-electron chi connectivity index (χ0n) is 9.33. The standard InChI is InChI=1S/C12H19ClN2/c1-9(2)10(7-14)8-15-12-5-3-11(13)4-6-12/h3-6,9-10,15H,7-8,14H2,1-2H3. The fourth-order valence-electron chi connectivity index (χ4n) is 1.41. The van der Waals surface area contributed by atoms with Crippen molar-refractivity contribution in [2.75, 3.05) is 18.4 Å². The van der Waals surface area contributed by atoms with Gasteiger partial charge in [0.1, 0.15) is 0 Å². The van der Waals surface area contributed by atoms with E-state index >= 15 is 0 Å². The van der Waals surface area contributed by atoms with E-state index in [4.69, 9.17) is 17.3 Å². The van der Waals surface area contributed by atoms with Gasteiger partial charge in [-0.25, -0.2) is 0 Å². The minimum atomic E-state index is 0.515. The number of halogens is 1. The van der Waals surface area contributed by atoms with Gasteiger partial charge in [-0.15, -0.1) is 0 Å². The van der Waals surface area contributed by atoms with E-state index in [1.807, 2.05) is 24.3 Å².